The third-order valence-electron chi connectivity index (χ3n) is 9.29. The zero-order chi connectivity index (χ0) is 27.9. The van der Waals surface area contributed by atoms with Gasteiger partial charge in [-0.1, -0.05) is 36.8 Å². The van der Waals surface area contributed by atoms with Gasteiger partial charge in [0.1, 0.15) is 11.9 Å². The van der Waals surface area contributed by atoms with Gasteiger partial charge in [0.25, 0.3) is 0 Å². The van der Waals surface area contributed by atoms with E-state index in [2.05, 4.69) is 6.92 Å². The van der Waals surface area contributed by atoms with E-state index in [-0.39, 0.29) is 34.8 Å². The number of hydrogen-bond acceptors (Lipinski definition) is 6. The highest BCUT2D eigenvalue weighted by molar-refractivity contribution is 6.13. The third-order valence-corrected chi connectivity index (χ3v) is 9.29. The first-order valence-corrected chi connectivity index (χ1v) is 13.9. The molecule has 0 radical (unpaired) electrons. The van der Waals surface area contributed by atoms with Crippen molar-refractivity contribution in [2.75, 3.05) is 0 Å². The molecule has 0 spiro atoms. The van der Waals surface area contributed by atoms with Crippen LogP contribution in [0, 0.1) is 24.2 Å². The molecule has 6 heteroatoms. The Kier molecular flexibility index (Phi) is 7.32. The molecule has 5 atom stereocenters. The van der Waals surface area contributed by atoms with Gasteiger partial charge in [0.05, 0.1) is 5.56 Å². The van der Waals surface area contributed by atoms with E-state index in [0.717, 1.165) is 55.2 Å². The first-order chi connectivity index (χ1) is 18.6. The van der Waals surface area contributed by atoms with E-state index in [9.17, 15) is 19.2 Å². The zero-order valence-corrected chi connectivity index (χ0v) is 23.1. The number of carbonyl (C=O) groups excluding carboxylic acids is 4. The van der Waals surface area contributed by atoms with Crippen molar-refractivity contribution >= 4 is 23.5 Å². The van der Waals surface area contributed by atoms with Gasteiger partial charge in [-0.05, 0) is 98.6 Å². The van der Waals surface area contributed by atoms with Crippen LogP contribution in [0.1, 0.15) is 96.2 Å². The Morgan fingerprint density at radius 1 is 0.897 bits per heavy atom. The highest BCUT2D eigenvalue weighted by Crippen LogP contribution is 2.61. The minimum atomic E-state index is -0.492. The Hall–Kier alpha value is -3.54. The van der Waals surface area contributed by atoms with Crippen LogP contribution in [0.25, 0.3) is 0 Å². The number of ether oxygens (including phenoxy) is 2. The average molecular weight is 529 g/mol. The van der Waals surface area contributed by atoms with E-state index in [1.54, 1.807) is 12.1 Å². The number of fused-ring (bicyclic) bond motifs is 5. The van der Waals surface area contributed by atoms with Gasteiger partial charge < -0.3 is 9.47 Å². The Labute approximate surface area is 229 Å². The van der Waals surface area contributed by atoms with Gasteiger partial charge in [-0.25, -0.2) is 0 Å². The van der Waals surface area contributed by atoms with E-state index in [1.807, 2.05) is 31.2 Å². The van der Waals surface area contributed by atoms with Crippen LogP contribution in [0.5, 0.6) is 5.75 Å². The number of ketones is 2. The molecule has 3 aliphatic rings. The zero-order valence-electron chi connectivity index (χ0n) is 23.1. The van der Waals surface area contributed by atoms with Gasteiger partial charge in [0, 0.05) is 24.8 Å². The van der Waals surface area contributed by atoms with Crippen LogP contribution >= 0.6 is 0 Å². The Morgan fingerprint density at radius 2 is 1.62 bits per heavy atom. The van der Waals surface area contributed by atoms with Gasteiger partial charge in [-0.3, -0.25) is 19.2 Å². The number of aryl methyl sites for hydroxylation is 2. The van der Waals surface area contributed by atoms with Gasteiger partial charge in [0.15, 0.2) is 11.6 Å². The number of rotatable bonds is 6. The molecule has 0 aromatic heterocycles. The lowest BCUT2D eigenvalue weighted by Gasteiger charge is -2.50. The predicted molar refractivity (Wildman–Crippen MR) is 147 cm³/mol. The van der Waals surface area contributed by atoms with Gasteiger partial charge in [0.2, 0.25) is 0 Å². The lowest BCUT2D eigenvalue weighted by molar-refractivity contribution is -0.154. The Balaban J connectivity index is 1.44. The van der Waals surface area contributed by atoms with Crippen LogP contribution in [-0.2, 0) is 20.7 Å². The molecule has 3 aliphatic carbocycles. The molecule has 2 saturated carbocycles. The first-order valence-electron chi connectivity index (χ1n) is 13.9. The quantitative estimate of drug-likeness (QED) is 0.188. The monoisotopic (exact) mass is 528 g/mol. The summed E-state index contributed by atoms with van der Waals surface area (Å²) in [7, 11) is 0. The van der Waals surface area contributed by atoms with Gasteiger partial charge in [-0.2, -0.15) is 0 Å². The molecule has 6 nitrogen and oxygen atoms in total. The number of esters is 2. The maximum atomic E-state index is 13.4. The fourth-order valence-corrected chi connectivity index (χ4v) is 7.43. The molecule has 204 valence electrons. The lowest BCUT2D eigenvalue weighted by Crippen LogP contribution is -2.45. The van der Waals surface area contributed by atoms with E-state index in [0.29, 0.717) is 28.9 Å². The average Bonchev–Trinajstić information content (AvgIpc) is 3.22. The highest BCUT2D eigenvalue weighted by atomic mass is 16.5. The van der Waals surface area contributed by atoms with E-state index < -0.39 is 5.97 Å². The minimum Gasteiger partial charge on any atom is -0.462 e. The molecule has 0 N–H and O–H groups in total. The SMILES string of the molecule is CC(=O)Oc1cc2c(cc1C(=O)/C=C/C(=O)c1ccc(C)cc1)[C@H]1CC[C@]3(C)[C@@H](OC(C)=O)CC[C@H]3[C@@H]1CC2. The van der Waals surface area contributed by atoms with Crippen LogP contribution < -0.4 is 4.74 Å². The van der Waals surface area contributed by atoms with Crippen LogP contribution in [-0.4, -0.2) is 29.6 Å². The fourth-order valence-electron chi connectivity index (χ4n) is 7.43. The van der Waals surface area contributed by atoms with Crippen LogP contribution in [0.15, 0.2) is 48.6 Å². The van der Waals surface area contributed by atoms with Gasteiger partial charge in [-0.15, -0.1) is 0 Å². The smallest absolute Gasteiger partial charge is 0.308 e. The molecule has 0 heterocycles. The Morgan fingerprint density at radius 3 is 2.31 bits per heavy atom. The van der Waals surface area contributed by atoms with Crippen molar-refractivity contribution in [1.82, 2.24) is 0 Å². The summed E-state index contributed by atoms with van der Waals surface area (Å²) >= 11 is 0. The molecule has 2 aromatic rings. The molecule has 2 aromatic carbocycles. The molecule has 0 aliphatic heterocycles. The standard InChI is InChI=1S/C33H36O6/c1-19-5-7-22(8-6-19)29(36)12-13-30(37)27-18-26-23(17-31(27)38-20(2)34)9-10-25-24(26)15-16-33(4)28(25)11-14-32(33)39-21(3)35/h5-8,12-13,17-18,24-25,28,32H,9-11,14-16H2,1-4H3/b13-12+/t24-,25+,28-,32-,33-/m0/s1. The van der Waals surface area contributed by atoms with Crippen LogP contribution in [0.4, 0.5) is 0 Å². The Bertz CT molecular complexity index is 1350. The summed E-state index contributed by atoms with van der Waals surface area (Å²) in [6, 6.07) is 10.9. The number of hydrogen-bond donors (Lipinski definition) is 0. The number of carbonyl (C=O) groups is 4. The second-order valence-electron chi connectivity index (χ2n) is 11.7. The third kappa shape index (κ3) is 5.21. The summed E-state index contributed by atoms with van der Waals surface area (Å²) in [5.74, 6) is 0.0959. The van der Waals surface area contributed by atoms with Crippen molar-refractivity contribution < 1.29 is 28.7 Å². The molecule has 39 heavy (non-hydrogen) atoms. The van der Waals surface area contributed by atoms with Crippen molar-refractivity contribution in [2.45, 2.75) is 78.2 Å². The summed E-state index contributed by atoms with van der Waals surface area (Å²) in [5, 5.41) is 0. The summed E-state index contributed by atoms with van der Waals surface area (Å²) in [6.07, 6.45) is 8.21. The molecule has 2 fully saturated rings. The van der Waals surface area contributed by atoms with Crippen molar-refractivity contribution in [3.63, 3.8) is 0 Å². The van der Waals surface area contributed by atoms with Crippen molar-refractivity contribution in [2.24, 2.45) is 17.3 Å². The van der Waals surface area contributed by atoms with Crippen LogP contribution in [0.3, 0.4) is 0 Å². The molecule has 0 unspecified atom stereocenters. The molecule has 0 amide bonds. The summed E-state index contributed by atoms with van der Waals surface area (Å²) in [5.41, 5.74) is 4.08. The molecular formula is C33H36O6. The highest BCUT2D eigenvalue weighted by Gasteiger charge is 2.56. The van der Waals surface area contributed by atoms with Crippen molar-refractivity contribution in [3.8, 4) is 5.75 Å². The number of benzene rings is 2. The lowest BCUT2D eigenvalue weighted by atomic mass is 9.55. The second-order valence-corrected chi connectivity index (χ2v) is 11.7. The summed E-state index contributed by atoms with van der Waals surface area (Å²) < 4.78 is 11.2. The molecule has 0 saturated heterocycles. The van der Waals surface area contributed by atoms with Crippen molar-refractivity contribution in [3.05, 3.63) is 76.4 Å². The van der Waals surface area contributed by atoms with E-state index in [1.165, 1.54) is 26.0 Å². The van der Waals surface area contributed by atoms with Crippen molar-refractivity contribution in [1.29, 1.82) is 0 Å². The van der Waals surface area contributed by atoms with E-state index >= 15 is 0 Å². The van der Waals surface area contributed by atoms with Crippen LogP contribution in [0.2, 0.25) is 0 Å². The maximum Gasteiger partial charge on any atom is 0.308 e. The molecule has 5 rings (SSSR count). The summed E-state index contributed by atoms with van der Waals surface area (Å²) in [6.45, 7) is 7.03. The topological polar surface area (TPSA) is 86.7 Å². The fraction of sp³-hybridized carbons (Fsp3) is 0.455. The second kappa shape index (κ2) is 10.6. The molecular weight excluding hydrogens is 492 g/mol. The van der Waals surface area contributed by atoms with Gasteiger partial charge >= 0.3 is 11.9 Å². The largest absolute Gasteiger partial charge is 0.462 e. The minimum absolute atomic E-state index is 0.0280. The first kappa shape index (κ1) is 27.0. The maximum absolute atomic E-state index is 13.4. The number of allylic oxidation sites excluding steroid dienone is 2. The van der Waals surface area contributed by atoms with E-state index in [4.69, 9.17) is 9.47 Å². The normalized spacial score (nSPS) is 27.3. The molecule has 0 bridgehead atoms. The summed E-state index contributed by atoms with van der Waals surface area (Å²) in [4.78, 5) is 49.7. The predicted octanol–water partition coefficient (Wildman–Crippen LogP) is 6.33.